The van der Waals surface area contributed by atoms with E-state index in [0.717, 1.165) is 0 Å². The van der Waals surface area contributed by atoms with Gasteiger partial charge < -0.3 is 5.32 Å². The molecule has 0 saturated heterocycles. The highest BCUT2D eigenvalue weighted by molar-refractivity contribution is 7.99. The zero-order chi connectivity index (χ0) is 18.7. The minimum atomic E-state index is -2.49. The summed E-state index contributed by atoms with van der Waals surface area (Å²) in [6.45, 7) is 1.73. The van der Waals surface area contributed by atoms with Crippen molar-refractivity contribution < 1.29 is 18.0 Å². The quantitative estimate of drug-likeness (QED) is 0.644. The van der Waals surface area contributed by atoms with Gasteiger partial charge in [-0.2, -0.15) is 13.9 Å². The molecule has 0 spiro atoms. The Hall–Kier alpha value is -2.74. The van der Waals surface area contributed by atoms with Gasteiger partial charge in [0.25, 0.3) is 11.7 Å². The van der Waals surface area contributed by atoms with Crippen LogP contribution in [0.3, 0.4) is 0 Å². The van der Waals surface area contributed by atoms with Crippen LogP contribution in [0.15, 0.2) is 59.6 Å². The molecular formula is C18H14F3N3OS. The van der Waals surface area contributed by atoms with E-state index in [1.165, 1.54) is 35.1 Å². The molecule has 0 atom stereocenters. The minimum absolute atomic E-state index is 0.357. The molecule has 0 saturated carbocycles. The Morgan fingerprint density at radius 3 is 2.38 bits per heavy atom. The molecule has 4 nitrogen and oxygen atoms in total. The van der Waals surface area contributed by atoms with Crippen LogP contribution in [0.4, 0.5) is 18.9 Å². The molecule has 1 aromatic heterocycles. The van der Waals surface area contributed by atoms with Crippen LogP contribution in [0.25, 0.3) is 5.69 Å². The molecule has 134 valence electrons. The van der Waals surface area contributed by atoms with Crippen LogP contribution in [0.2, 0.25) is 0 Å². The number of rotatable bonds is 5. The van der Waals surface area contributed by atoms with Crippen molar-refractivity contribution in [3.05, 3.63) is 71.8 Å². The molecular weight excluding hydrogens is 363 g/mol. The first kappa shape index (κ1) is 18.1. The molecule has 0 aliphatic carbocycles. The average molecular weight is 377 g/mol. The third kappa shape index (κ3) is 4.08. The number of nitrogens with one attached hydrogen (secondary N) is 1. The van der Waals surface area contributed by atoms with Crippen molar-refractivity contribution in [1.82, 2.24) is 9.78 Å². The lowest BCUT2D eigenvalue weighted by Crippen LogP contribution is -2.13. The standard InChI is InChI=1S/C18H14F3N3OS/c1-11-16(10-22-24(11)14-6-2-12(19)3-7-14)17(25)23-13-4-8-15(9-5-13)26-18(20)21/h2-10,18H,1H3,(H,23,25). The van der Waals surface area contributed by atoms with Gasteiger partial charge in [-0.1, -0.05) is 11.8 Å². The van der Waals surface area contributed by atoms with Crippen molar-refractivity contribution in [3.8, 4) is 5.69 Å². The number of hydrogen-bond acceptors (Lipinski definition) is 3. The summed E-state index contributed by atoms with van der Waals surface area (Å²) in [4.78, 5) is 12.9. The molecule has 0 aliphatic rings. The molecule has 3 aromatic rings. The SMILES string of the molecule is Cc1c(C(=O)Nc2ccc(SC(F)F)cc2)cnn1-c1ccc(F)cc1. The summed E-state index contributed by atoms with van der Waals surface area (Å²) in [6.07, 6.45) is 1.43. The topological polar surface area (TPSA) is 46.9 Å². The summed E-state index contributed by atoms with van der Waals surface area (Å²) in [5.74, 6) is -3.22. The van der Waals surface area contributed by atoms with Gasteiger partial charge >= 0.3 is 0 Å². The van der Waals surface area contributed by atoms with Crippen molar-refractivity contribution in [1.29, 1.82) is 0 Å². The van der Waals surface area contributed by atoms with Gasteiger partial charge in [-0.25, -0.2) is 9.07 Å². The predicted octanol–water partition coefficient (Wildman–Crippen LogP) is 4.89. The summed E-state index contributed by atoms with van der Waals surface area (Å²) in [6, 6.07) is 11.9. The number of anilines is 1. The van der Waals surface area contributed by atoms with Gasteiger partial charge in [-0.15, -0.1) is 0 Å². The van der Waals surface area contributed by atoms with Gasteiger partial charge in [-0.3, -0.25) is 4.79 Å². The van der Waals surface area contributed by atoms with Crippen molar-refractivity contribution in [2.75, 3.05) is 5.32 Å². The first-order valence-corrected chi connectivity index (χ1v) is 8.49. The van der Waals surface area contributed by atoms with E-state index in [0.29, 0.717) is 39.3 Å². The number of hydrogen-bond donors (Lipinski definition) is 1. The number of carbonyl (C=O) groups excluding carboxylic acids is 1. The molecule has 26 heavy (non-hydrogen) atoms. The normalized spacial score (nSPS) is 11.0. The van der Waals surface area contributed by atoms with Crippen LogP contribution in [0, 0.1) is 12.7 Å². The second kappa shape index (κ2) is 7.65. The molecule has 1 heterocycles. The fraction of sp³-hybridized carbons (Fsp3) is 0.111. The van der Waals surface area contributed by atoms with Gasteiger partial charge in [-0.05, 0) is 55.5 Å². The third-order valence-corrected chi connectivity index (χ3v) is 4.39. The number of amides is 1. The Bertz CT molecular complexity index is 908. The van der Waals surface area contributed by atoms with E-state index < -0.39 is 5.76 Å². The van der Waals surface area contributed by atoms with Gasteiger partial charge in [0.2, 0.25) is 0 Å². The lowest BCUT2D eigenvalue weighted by atomic mass is 10.2. The molecule has 0 aliphatic heterocycles. The number of alkyl halides is 2. The first-order chi connectivity index (χ1) is 12.4. The van der Waals surface area contributed by atoms with Crippen molar-refractivity contribution >= 4 is 23.4 Å². The van der Waals surface area contributed by atoms with Crippen LogP contribution in [-0.2, 0) is 0 Å². The van der Waals surface area contributed by atoms with Gasteiger partial charge in [0.05, 0.1) is 23.1 Å². The zero-order valence-electron chi connectivity index (χ0n) is 13.6. The summed E-state index contributed by atoms with van der Waals surface area (Å²) >= 11 is 0.441. The summed E-state index contributed by atoms with van der Waals surface area (Å²) in [5, 5.41) is 6.88. The Morgan fingerprint density at radius 2 is 1.77 bits per heavy atom. The van der Waals surface area contributed by atoms with Gasteiger partial charge in [0, 0.05) is 10.6 Å². The first-order valence-electron chi connectivity index (χ1n) is 7.61. The van der Waals surface area contributed by atoms with E-state index in [1.807, 2.05) is 0 Å². The molecule has 0 radical (unpaired) electrons. The highest BCUT2D eigenvalue weighted by atomic mass is 32.2. The van der Waals surface area contributed by atoms with E-state index in [4.69, 9.17) is 0 Å². The Kier molecular flexibility index (Phi) is 5.32. The second-order valence-electron chi connectivity index (χ2n) is 5.39. The van der Waals surface area contributed by atoms with Crippen molar-refractivity contribution in [3.63, 3.8) is 0 Å². The van der Waals surface area contributed by atoms with Crippen LogP contribution in [0.1, 0.15) is 16.1 Å². The highest BCUT2D eigenvalue weighted by Gasteiger charge is 2.15. The predicted molar refractivity (Wildman–Crippen MR) is 94.5 cm³/mol. The van der Waals surface area contributed by atoms with Gasteiger partial charge in [0.15, 0.2) is 0 Å². The molecule has 0 unspecified atom stereocenters. The number of nitrogens with zero attached hydrogens (tertiary/aromatic N) is 2. The van der Waals surface area contributed by atoms with Gasteiger partial charge in [0.1, 0.15) is 5.82 Å². The lowest BCUT2D eigenvalue weighted by Gasteiger charge is -2.07. The van der Waals surface area contributed by atoms with Crippen LogP contribution in [-0.4, -0.2) is 21.4 Å². The Balaban J connectivity index is 1.75. The Labute approximate surface area is 152 Å². The third-order valence-electron chi connectivity index (χ3n) is 3.66. The highest BCUT2D eigenvalue weighted by Crippen LogP contribution is 2.26. The summed E-state index contributed by atoms with van der Waals surface area (Å²) in [7, 11) is 0. The van der Waals surface area contributed by atoms with Crippen LogP contribution < -0.4 is 5.32 Å². The monoisotopic (exact) mass is 377 g/mol. The fourth-order valence-electron chi connectivity index (χ4n) is 2.39. The summed E-state index contributed by atoms with van der Waals surface area (Å²) in [5.41, 5.74) is 2.08. The number of aromatic nitrogens is 2. The largest absolute Gasteiger partial charge is 0.322 e. The van der Waals surface area contributed by atoms with E-state index in [-0.39, 0.29) is 11.7 Å². The van der Waals surface area contributed by atoms with Crippen LogP contribution >= 0.6 is 11.8 Å². The molecule has 1 N–H and O–H groups in total. The molecule has 0 bridgehead atoms. The summed E-state index contributed by atoms with van der Waals surface area (Å²) < 4.78 is 39.2. The maximum atomic E-state index is 13.0. The Morgan fingerprint density at radius 1 is 1.12 bits per heavy atom. The molecule has 1 amide bonds. The van der Waals surface area contributed by atoms with Crippen molar-refractivity contribution in [2.24, 2.45) is 0 Å². The van der Waals surface area contributed by atoms with Crippen LogP contribution in [0.5, 0.6) is 0 Å². The average Bonchev–Trinajstić information content (AvgIpc) is 2.98. The van der Waals surface area contributed by atoms with E-state index >= 15 is 0 Å². The number of benzene rings is 2. The number of carbonyl (C=O) groups is 1. The molecule has 0 fully saturated rings. The number of thioether (sulfide) groups is 1. The van der Waals surface area contributed by atoms with E-state index in [2.05, 4.69) is 10.4 Å². The lowest BCUT2D eigenvalue weighted by molar-refractivity contribution is 0.102. The van der Waals surface area contributed by atoms with E-state index in [1.54, 1.807) is 31.2 Å². The molecule has 2 aromatic carbocycles. The molecule has 3 rings (SSSR count). The van der Waals surface area contributed by atoms with E-state index in [9.17, 15) is 18.0 Å². The second-order valence-corrected chi connectivity index (χ2v) is 6.45. The minimum Gasteiger partial charge on any atom is -0.322 e. The number of halogens is 3. The maximum Gasteiger partial charge on any atom is 0.288 e. The maximum absolute atomic E-state index is 13.0. The molecule has 8 heteroatoms. The smallest absolute Gasteiger partial charge is 0.288 e. The fourth-order valence-corrected chi connectivity index (χ4v) is 2.89. The zero-order valence-corrected chi connectivity index (χ0v) is 14.4. The van der Waals surface area contributed by atoms with Crippen molar-refractivity contribution in [2.45, 2.75) is 17.6 Å².